The second-order valence-corrected chi connectivity index (χ2v) is 7.05. The fourth-order valence-electron chi connectivity index (χ4n) is 3.13. The van der Waals surface area contributed by atoms with E-state index >= 15 is 0 Å². The fourth-order valence-corrected chi connectivity index (χ4v) is 3.97. The number of tetrazole rings is 1. The number of anilines is 1. The van der Waals surface area contributed by atoms with Crippen LogP contribution in [0.1, 0.15) is 42.1 Å². The predicted molar refractivity (Wildman–Crippen MR) is 90.9 cm³/mol. The monoisotopic (exact) mass is 359 g/mol. The summed E-state index contributed by atoms with van der Waals surface area (Å²) in [5, 5.41) is 15.3. The molecule has 1 amide bonds. The summed E-state index contributed by atoms with van der Waals surface area (Å²) in [7, 11) is 0. The number of hydrogen-bond donors (Lipinski definition) is 1. The van der Waals surface area contributed by atoms with Crippen LogP contribution in [0.25, 0.3) is 0 Å². The zero-order valence-electron chi connectivity index (χ0n) is 13.5. The number of hydrogen-bond acceptors (Lipinski definition) is 7. The number of ketones is 1. The minimum atomic E-state index is -0.220. The van der Waals surface area contributed by atoms with Crippen molar-refractivity contribution in [2.24, 2.45) is 0 Å². The van der Waals surface area contributed by atoms with Crippen LogP contribution in [0.15, 0.2) is 23.4 Å². The first-order chi connectivity index (χ1) is 12.2. The van der Waals surface area contributed by atoms with Crippen molar-refractivity contribution in [3.8, 4) is 5.75 Å². The third kappa shape index (κ3) is 3.37. The van der Waals surface area contributed by atoms with Crippen LogP contribution in [0.4, 0.5) is 5.69 Å². The highest BCUT2D eigenvalue weighted by molar-refractivity contribution is 7.99. The predicted octanol–water partition coefficient (Wildman–Crippen LogP) is 2.09. The Hall–Kier alpha value is -2.42. The summed E-state index contributed by atoms with van der Waals surface area (Å²) in [6.07, 6.45) is 4.54. The Morgan fingerprint density at radius 2 is 2.20 bits per heavy atom. The van der Waals surface area contributed by atoms with E-state index < -0.39 is 0 Å². The number of amides is 1. The van der Waals surface area contributed by atoms with Crippen molar-refractivity contribution in [1.82, 2.24) is 20.2 Å². The second-order valence-electron chi connectivity index (χ2n) is 6.10. The van der Waals surface area contributed by atoms with Gasteiger partial charge < -0.3 is 10.1 Å². The summed E-state index contributed by atoms with van der Waals surface area (Å²) >= 11 is 1.34. The van der Waals surface area contributed by atoms with E-state index in [1.165, 1.54) is 24.6 Å². The second kappa shape index (κ2) is 6.83. The number of thioether (sulfide) groups is 1. The van der Waals surface area contributed by atoms with E-state index in [-0.39, 0.29) is 24.1 Å². The van der Waals surface area contributed by atoms with E-state index in [4.69, 9.17) is 4.74 Å². The molecule has 9 heteroatoms. The molecule has 1 aliphatic heterocycles. The molecule has 1 fully saturated rings. The smallest absolute Gasteiger partial charge is 0.262 e. The molecule has 0 bridgehead atoms. The summed E-state index contributed by atoms with van der Waals surface area (Å²) in [4.78, 5) is 23.9. The maximum absolute atomic E-state index is 12.5. The molecule has 25 heavy (non-hydrogen) atoms. The Bertz CT molecular complexity index is 816. The lowest BCUT2D eigenvalue weighted by molar-refractivity contribution is -0.118. The molecule has 0 unspecified atom stereocenters. The van der Waals surface area contributed by atoms with Crippen LogP contribution in [0.2, 0.25) is 0 Å². The lowest BCUT2D eigenvalue weighted by Gasteiger charge is -2.18. The maximum Gasteiger partial charge on any atom is 0.262 e. The largest absolute Gasteiger partial charge is 0.482 e. The number of carbonyl (C=O) groups excluding carboxylic acids is 2. The van der Waals surface area contributed by atoms with Crippen LogP contribution in [-0.2, 0) is 4.79 Å². The number of benzene rings is 1. The van der Waals surface area contributed by atoms with E-state index in [0.29, 0.717) is 28.2 Å². The lowest BCUT2D eigenvalue weighted by Crippen LogP contribution is -2.25. The minimum absolute atomic E-state index is 0.0000293. The molecule has 0 saturated heterocycles. The highest BCUT2D eigenvalue weighted by Gasteiger charge is 2.23. The molecule has 0 atom stereocenters. The molecule has 4 rings (SSSR count). The first-order valence-corrected chi connectivity index (χ1v) is 9.20. The Morgan fingerprint density at radius 3 is 3.04 bits per heavy atom. The van der Waals surface area contributed by atoms with Gasteiger partial charge in [0.25, 0.3) is 5.91 Å². The van der Waals surface area contributed by atoms with Gasteiger partial charge in [0, 0.05) is 5.56 Å². The van der Waals surface area contributed by atoms with Crippen molar-refractivity contribution in [2.45, 2.75) is 36.9 Å². The van der Waals surface area contributed by atoms with E-state index in [1.807, 2.05) is 4.68 Å². The Kier molecular flexibility index (Phi) is 4.39. The van der Waals surface area contributed by atoms with Gasteiger partial charge in [-0.15, -0.1) is 5.10 Å². The number of ether oxygens (including phenoxy) is 1. The van der Waals surface area contributed by atoms with Gasteiger partial charge in [0.15, 0.2) is 12.4 Å². The van der Waals surface area contributed by atoms with Gasteiger partial charge in [0.1, 0.15) is 5.75 Å². The lowest BCUT2D eigenvalue weighted by atomic mass is 10.1. The number of nitrogens with one attached hydrogen (secondary N) is 1. The average Bonchev–Trinajstić information content (AvgIpc) is 3.30. The first-order valence-electron chi connectivity index (χ1n) is 8.21. The molecule has 1 saturated carbocycles. The van der Waals surface area contributed by atoms with Crippen LogP contribution < -0.4 is 10.1 Å². The molecule has 0 radical (unpaired) electrons. The number of Topliss-reactive ketones (excluding diaryl/α,β-unsaturated/α-hetero) is 1. The van der Waals surface area contributed by atoms with Crippen molar-refractivity contribution in [1.29, 1.82) is 0 Å². The van der Waals surface area contributed by atoms with Crippen LogP contribution in [0.5, 0.6) is 5.75 Å². The summed E-state index contributed by atoms with van der Waals surface area (Å²) in [6.45, 7) is -0.0000293. The number of carbonyl (C=O) groups is 2. The van der Waals surface area contributed by atoms with Gasteiger partial charge in [0.2, 0.25) is 5.16 Å². The maximum atomic E-state index is 12.5. The zero-order chi connectivity index (χ0) is 17.2. The number of fused-ring (bicyclic) bond motifs is 1. The van der Waals surface area contributed by atoms with E-state index in [0.717, 1.165) is 12.8 Å². The molecule has 2 heterocycles. The molecule has 1 N–H and O–H groups in total. The molecule has 8 nitrogen and oxygen atoms in total. The van der Waals surface area contributed by atoms with Gasteiger partial charge >= 0.3 is 0 Å². The topological polar surface area (TPSA) is 99.0 Å². The third-order valence-corrected chi connectivity index (χ3v) is 5.33. The Labute approximate surface area is 148 Å². The van der Waals surface area contributed by atoms with Gasteiger partial charge in [-0.1, -0.05) is 24.6 Å². The zero-order valence-corrected chi connectivity index (χ0v) is 14.3. The first kappa shape index (κ1) is 16.1. The van der Waals surface area contributed by atoms with Gasteiger partial charge in [-0.05, 0) is 41.5 Å². The van der Waals surface area contributed by atoms with Crippen molar-refractivity contribution in [3.63, 3.8) is 0 Å². The van der Waals surface area contributed by atoms with Crippen molar-refractivity contribution in [2.75, 3.05) is 17.7 Å². The van der Waals surface area contributed by atoms with Crippen LogP contribution in [-0.4, -0.2) is 44.3 Å². The summed E-state index contributed by atoms with van der Waals surface area (Å²) < 4.78 is 7.14. The molecule has 1 aromatic heterocycles. The van der Waals surface area contributed by atoms with Gasteiger partial charge in [0.05, 0.1) is 17.5 Å². The molecule has 1 aliphatic carbocycles. The van der Waals surface area contributed by atoms with Crippen molar-refractivity contribution < 1.29 is 14.3 Å². The molecular weight excluding hydrogens is 342 g/mol. The summed E-state index contributed by atoms with van der Waals surface area (Å²) in [5.74, 6) is 0.547. The van der Waals surface area contributed by atoms with Crippen molar-refractivity contribution >= 4 is 29.1 Å². The van der Waals surface area contributed by atoms with Crippen LogP contribution in [0.3, 0.4) is 0 Å². The van der Waals surface area contributed by atoms with Gasteiger partial charge in [-0.2, -0.15) is 0 Å². The van der Waals surface area contributed by atoms with Gasteiger partial charge in [-0.25, -0.2) is 4.68 Å². The highest BCUT2D eigenvalue weighted by Crippen LogP contribution is 2.32. The molecular formula is C16H17N5O3S. The van der Waals surface area contributed by atoms with Crippen LogP contribution in [0, 0.1) is 0 Å². The van der Waals surface area contributed by atoms with E-state index in [9.17, 15) is 9.59 Å². The van der Waals surface area contributed by atoms with Crippen molar-refractivity contribution in [3.05, 3.63) is 23.8 Å². The quantitative estimate of drug-likeness (QED) is 0.644. The standard InChI is InChI=1S/C16H17N5O3S/c22-13(10-5-6-14-12(7-10)17-15(23)8-24-14)9-25-16-18-19-20-21(16)11-3-1-2-4-11/h5-7,11H,1-4,8-9H2,(H,17,23). The van der Waals surface area contributed by atoms with Crippen LogP contribution >= 0.6 is 11.8 Å². The highest BCUT2D eigenvalue weighted by atomic mass is 32.2. The normalized spacial score (nSPS) is 17.0. The SMILES string of the molecule is O=C1COc2ccc(C(=O)CSc3nnnn3C3CCCC3)cc2N1. The minimum Gasteiger partial charge on any atom is -0.482 e. The molecule has 0 spiro atoms. The third-order valence-electron chi connectivity index (χ3n) is 4.40. The molecule has 2 aliphatic rings. The van der Waals surface area contributed by atoms with E-state index in [2.05, 4.69) is 20.8 Å². The van der Waals surface area contributed by atoms with Gasteiger partial charge in [-0.3, -0.25) is 9.59 Å². The number of rotatable bonds is 5. The summed E-state index contributed by atoms with van der Waals surface area (Å²) in [6, 6.07) is 5.40. The fraction of sp³-hybridized carbons (Fsp3) is 0.438. The average molecular weight is 359 g/mol. The Morgan fingerprint density at radius 1 is 1.36 bits per heavy atom. The Balaban J connectivity index is 1.44. The summed E-state index contributed by atoms with van der Waals surface area (Å²) in [5.41, 5.74) is 1.06. The number of aromatic nitrogens is 4. The molecule has 1 aromatic carbocycles. The van der Waals surface area contributed by atoms with E-state index in [1.54, 1.807) is 18.2 Å². The molecule has 2 aromatic rings. The number of nitrogens with zero attached hydrogens (tertiary/aromatic N) is 4. The molecule has 130 valence electrons.